The number of para-hydroxylation sites is 1. The zero-order valence-corrected chi connectivity index (χ0v) is 11.3. The maximum Gasteiger partial charge on any atom is 0.278 e. The molecular formula is C15H16N4O. The van der Waals surface area contributed by atoms with E-state index in [0.29, 0.717) is 24.0 Å². The molecule has 1 unspecified atom stereocenters. The molecule has 0 spiro atoms. The fourth-order valence-corrected chi connectivity index (χ4v) is 2.58. The predicted molar refractivity (Wildman–Crippen MR) is 77.4 cm³/mol. The lowest BCUT2D eigenvalue weighted by molar-refractivity contribution is 0.0975. The maximum atomic E-state index is 12.6. The van der Waals surface area contributed by atoms with Gasteiger partial charge in [0.05, 0.1) is 0 Å². The number of hydrogen-bond donors (Lipinski definition) is 1. The molecule has 1 amide bonds. The van der Waals surface area contributed by atoms with Gasteiger partial charge in [0.15, 0.2) is 5.69 Å². The third-order valence-corrected chi connectivity index (χ3v) is 3.49. The molecule has 2 N–H and O–H groups in total. The number of carbonyl (C=O) groups excluding carboxylic acids is 1. The van der Waals surface area contributed by atoms with Gasteiger partial charge in [-0.15, -0.1) is 10.2 Å². The highest BCUT2D eigenvalue weighted by molar-refractivity contribution is 6.05. The Morgan fingerprint density at radius 1 is 1.25 bits per heavy atom. The average Bonchev–Trinajstić information content (AvgIpc) is 2.46. The molecule has 2 heterocycles. The van der Waals surface area contributed by atoms with E-state index < -0.39 is 0 Å². The summed E-state index contributed by atoms with van der Waals surface area (Å²) in [6.07, 6.45) is 0.993. The van der Waals surface area contributed by atoms with Crippen molar-refractivity contribution in [2.24, 2.45) is 5.92 Å². The topological polar surface area (TPSA) is 72.1 Å². The predicted octanol–water partition coefficient (Wildman–Crippen LogP) is 1.90. The van der Waals surface area contributed by atoms with Crippen LogP contribution < -0.4 is 10.6 Å². The van der Waals surface area contributed by atoms with Crippen molar-refractivity contribution < 1.29 is 4.79 Å². The molecule has 0 bridgehead atoms. The van der Waals surface area contributed by atoms with Gasteiger partial charge in [0.2, 0.25) is 0 Å². The van der Waals surface area contributed by atoms with E-state index in [0.717, 1.165) is 12.1 Å². The highest BCUT2D eigenvalue weighted by Crippen LogP contribution is 2.30. The molecular weight excluding hydrogens is 252 g/mol. The molecule has 0 saturated carbocycles. The van der Waals surface area contributed by atoms with Crippen LogP contribution in [0.15, 0.2) is 36.4 Å². The van der Waals surface area contributed by atoms with Crippen LogP contribution in [0.4, 0.5) is 11.5 Å². The molecule has 5 nitrogen and oxygen atoms in total. The molecule has 1 aliphatic rings. The number of amides is 1. The number of fused-ring (bicyclic) bond motifs is 1. The van der Waals surface area contributed by atoms with Gasteiger partial charge in [-0.25, -0.2) is 0 Å². The first kappa shape index (κ1) is 12.6. The summed E-state index contributed by atoms with van der Waals surface area (Å²) in [5, 5.41) is 7.64. The van der Waals surface area contributed by atoms with Crippen LogP contribution in [0, 0.1) is 5.92 Å². The summed E-state index contributed by atoms with van der Waals surface area (Å²) in [6, 6.07) is 11.2. The molecule has 0 radical (unpaired) electrons. The first-order valence-electron chi connectivity index (χ1n) is 6.64. The summed E-state index contributed by atoms with van der Waals surface area (Å²) in [5.41, 5.74) is 7.99. The van der Waals surface area contributed by atoms with Crippen LogP contribution in [0.3, 0.4) is 0 Å². The van der Waals surface area contributed by atoms with Gasteiger partial charge >= 0.3 is 0 Å². The van der Waals surface area contributed by atoms with Crippen LogP contribution in [-0.4, -0.2) is 22.6 Å². The van der Waals surface area contributed by atoms with Gasteiger partial charge in [-0.3, -0.25) is 4.79 Å². The molecule has 102 valence electrons. The van der Waals surface area contributed by atoms with E-state index in [1.165, 1.54) is 5.56 Å². The fourth-order valence-electron chi connectivity index (χ4n) is 2.58. The van der Waals surface area contributed by atoms with Crippen molar-refractivity contribution in [1.29, 1.82) is 0 Å². The van der Waals surface area contributed by atoms with Crippen molar-refractivity contribution in [1.82, 2.24) is 10.2 Å². The van der Waals surface area contributed by atoms with Crippen LogP contribution in [0.25, 0.3) is 0 Å². The molecule has 1 atom stereocenters. The van der Waals surface area contributed by atoms with Gasteiger partial charge in [-0.2, -0.15) is 0 Å². The molecule has 1 aliphatic heterocycles. The molecule has 0 saturated heterocycles. The first-order chi connectivity index (χ1) is 9.65. The second-order valence-electron chi connectivity index (χ2n) is 5.20. The van der Waals surface area contributed by atoms with Gasteiger partial charge < -0.3 is 10.6 Å². The van der Waals surface area contributed by atoms with Gasteiger partial charge in [0.1, 0.15) is 5.82 Å². The Morgan fingerprint density at radius 2 is 2.05 bits per heavy atom. The molecule has 0 fully saturated rings. The fraction of sp³-hybridized carbons (Fsp3) is 0.267. The first-order valence-corrected chi connectivity index (χ1v) is 6.64. The second kappa shape index (κ2) is 4.92. The Morgan fingerprint density at radius 3 is 2.80 bits per heavy atom. The normalized spacial score (nSPS) is 17.6. The number of benzene rings is 1. The second-order valence-corrected chi connectivity index (χ2v) is 5.20. The van der Waals surface area contributed by atoms with E-state index in [9.17, 15) is 4.79 Å². The van der Waals surface area contributed by atoms with Crippen LogP contribution in [-0.2, 0) is 6.42 Å². The van der Waals surface area contributed by atoms with Crippen LogP contribution in [0.5, 0.6) is 0 Å². The number of anilines is 2. The van der Waals surface area contributed by atoms with E-state index in [-0.39, 0.29) is 5.91 Å². The van der Waals surface area contributed by atoms with Crippen LogP contribution in [0.1, 0.15) is 23.0 Å². The van der Waals surface area contributed by atoms with Crippen molar-refractivity contribution in [3.8, 4) is 0 Å². The lowest BCUT2D eigenvalue weighted by Crippen LogP contribution is -2.39. The standard InChI is InChI=1S/C15H16N4O/c1-10-8-11-4-2-3-5-13(11)19(9-10)15(20)12-6-7-14(16)18-17-12/h2-7,10H,8-9H2,1H3,(H2,16,18). The van der Waals surface area contributed by atoms with E-state index >= 15 is 0 Å². The lowest BCUT2D eigenvalue weighted by Gasteiger charge is -2.32. The summed E-state index contributed by atoms with van der Waals surface area (Å²) in [4.78, 5) is 14.4. The van der Waals surface area contributed by atoms with E-state index in [1.54, 1.807) is 17.0 Å². The molecule has 20 heavy (non-hydrogen) atoms. The third kappa shape index (κ3) is 2.22. The SMILES string of the molecule is CC1Cc2ccccc2N(C(=O)c2ccc(N)nn2)C1. The largest absolute Gasteiger partial charge is 0.382 e. The van der Waals surface area contributed by atoms with Crippen LogP contribution in [0.2, 0.25) is 0 Å². The molecule has 0 aliphatic carbocycles. The van der Waals surface area contributed by atoms with Crippen molar-refractivity contribution in [3.63, 3.8) is 0 Å². The molecule has 3 rings (SSSR count). The van der Waals surface area contributed by atoms with Gasteiger partial charge in [0.25, 0.3) is 5.91 Å². The van der Waals surface area contributed by atoms with E-state index in [1.807, 2.05) is 18.2 Å². The maximum absolute atomic E-state index is 12.6. The molecule has 1 aromatic carbocycles. The Labute approximate surface area is 117 Å². The summed E-state index contributed by atoms with van der Waals surface area (Å²) >= 11 is 0. The Kier molecular flexibility index (Phi) is 3.10. The van der Waals surface area contributed by atoms with Gasteiger partial charge in [-0.05, 0) is 36.1 Å². The Balaban J connectivity index is 1.97. The number of nitrogens with two attached hydrogens (primary N) is 1. The zero-order valence-electron chi connectivity index (χ0n) is 11.3. The number of carbonyl (C=O) groups is 1. The van der Waals surface area contributed by atoms with Crippen molar-refractivity contribution in [2.45, 2.75) is 13.3 Å². The number of nitrogen functional groups attached to an aromatic ring is 1. The highest BCUT2D eigenvalue weighted by Gasteiger charge is 2.27. The van der Waals surface area contributed by atoms with E-state index in [4.69, 9.17) is 5.73 Å². The Hall–Kier alpha value is -2.43. The number of rotatable bonds is 1. The Bertz CT molecular complexity index is 639. The minimum atomic E-state index is -0.128. The minimum absolute atomic E-state index is 0.128. The third-order valence-electron chi connectivity index (χ3n) is 3.49. The van der Waals surface area contributed by atoms with Gasteiger partial charge in [-0.1, -0.05) is 25.1 Å². The average molecular weight is 268 g/mol. The number of aromatic nitrogens is 2. The van der Waals surface area contributed by atoms with Crippen LogP contribution >= 0.6 is 0 Å². The summed E-state index contributed by atoms with van der Waals surface area (Å²) < 4.78 is 0. The summed E-state index contributed by atoms with van der Waals surface area (Å²) in [7, 11) is 0. The van der Waals surface area contributed by atoms with Crippen molar-refractivity contribution in [3.05, 3.63) is 47.7 Å². The zero-order chi connectivity index (χ0) is 14.1. The lowest BCUT2D eigenvalue weighted by atomic mass is 9.93. The minimum Gasteiger partial charge on any atom is -0.382 e. The van der Waals surface area contributed by atoms with Crippen molar-refractivity contribution in [2.75, 3.05) is 17.2 Å². The summed E-state index contributed by atoms with van der Waals surface area (Å²) in [6.45, 7) is 2.84. The molecule has 5 heteroatoms. The monoisotopic (exact) mass is 268 g/mol. The summed E-state index contributed by atoms with van der Waals surface area (Å²) in [5.74, 6) is 0.612. The molecule has 2 aromatic rings. The quantitative estimate of drug-likeness (QED) is 0.857. The number of nitrogens with zero attached hydrogens (tertiary/aromatic N) is 3. The highest BCUT2D eigenvalue weighted by atomic mass is 16.2. The van der Waals surface area contributed by atoms with E-state index in [2.05, 4.69) is 23.2 Å². The van der Waals surface area contributed by atoms with Crippen molar-refractivity contribution >= 4 is 17.4 Å². The number of hydrogen-bond acceptors (Lipinski definition) is 4. The molecule has 1 aromatic heterocycles. The smallest absolute Gasteiger partial charge is 0.278 e. The van der Waals surface area contributed by atoms with Gasteiger partial charge in [0, 0.05) is 12.2 Å².